The van der Waals surface area contributed by atoms with Crippen molar-refractivity contribution in [2.75, 3.05) is 53.3 Å². The smallest absolute Gasteiger partial charge is 0.497 e. The largest absolute Gasteiger partial charge is 0.573 e. The van der Waals surface area contributed by atoms with Crippen LogP contribution in [0.5, 0.6) is 17.2 Å². The van der Waals surface area contributed by atoms with Crippen LogP contribution in [-0.2, 0) is 24.0 Å². The number of halogens is 10. The van der Waals surface area contributed by atoms with Gasteiger partial charge in [-0.05, 0) is 151 Å². The highest BCUT2D eigenvalue weighted by Gasteiger charge is 2.37. The molecule has 3 unspecified atom stereocenters. The van der Waals surface area contributed by atoms with Gasteiger partial charge in [0, 0.05) is 88.1 Å². The Hall–Kier alpha value is -8.45. The van der Waals surface area contributed by atoms with Gasteiger partial charge in [0.2, 0.25) is 29.5 Å². The van der Waals surface area contributed by atoms with E-state index >= 15 is 0 Å². The van der Waals surface area contributed by atoms with Crippen molar-refractivity contribution in [1.29, 1.82) is 0 Å². The monoisotopic (exact) mass is 1330 g/mol. The molecule has 27 heteroatoms. The van der Waals surface area contributed by atoms with Gasteiger partial charge in [-0.1, -0.05) is 50.7 Å². The van der Waals surface area contributed by atoms with Gasteiger partial charge in [-0.3, -0.25) is 33.6 Å². The summed E-state index contributed by atoms with van der Waals surface area (Å²) in [4.78, 5) is 95.2. The van der Waals surface area contributed by atoms with Crippen LogP contribution in [0.1, 0.15) is 51.7 Å². The standard InChI is InChI=1S/C20H15ClF3N3O2.C20H16ClF3N2O4.C11H11ClN2O2.C9H9BrO2/c21-14-3-5-15(6-4-14)27-11-13(9-18(27)28)19-25-10-17(26-19)12-1-7-16(8-2-12)29-20(22,23)24;21-14-3-5-15(6-4-14)26-11-13(9-18(26)28)19(29)25-10-17(27)12-1-7-16(8-2-12)30-20(22,23)24;12-8-1-3-9(4-2-8)14-6-7(11(13)16)5-10(14)15;1-12-8-4-2-7(3-5-8)9(11)6-10/h1-8,10,13H,9,11H2,(H,25,26);1-8,13H,9-11H2,(H,25,29);1-4,7H,5-6H2,(H2,13,16);2-5H,6H2,1H3. The summed E-state index contributed by atoms with van der Waals surface area (Å²) in [5.41, 5.74) is 9.46. The van der Waals surface area contributed by atoms with E-state index in [-0.39, 0.29) is 72.6 Å². The average molecular weight is 1330 g/mol. The second kappa shape index (κ2) is 29.8. The summed E-state index contributed by atoms with van der Waals surface area (Å²) in [6.07, 6.45) is -7.44. The molecule has 3 atom stereocenters. The lowest BCUT2D eigenvalue weighted by Gasteiger charge is -2.16. The van der Waals surface area contributed by atoms with Gasteiger partial charge in [0.25, 0.3) is 0 Å². The van der Waals surface area contributed by atoms with Crippen LogP contribution in [-0.4, -0.2) is 102 Å². The lowest BCUT2D eigenvalue weighted by Crippen LogP contribution is -2.36. The molecular formula is C60H51BrCl3F6N7O10. The lowest BCUT2D eigenvalue weighted by molar-refractivity contribution is -0.275. The fourth-order valence-corrected chi connectivity index (χ4v) is 9.62. The zero-order chi connectivity index (χ0) is 63.2. The van der Waals surface area contributed by atoms with Gasteiger partial charge in [0.1, 0.15) is 23.1 Å². The first-order valence-electron chi connectivity index (χ1n) is 26.0. The number of Topliss-reactive ketones (excluding diaryl/α,β-unsaturated/α-hetero) is 2. The number of nitrogens with one attached hydrogen (secondary N) is 2. The molecule has 3 aliphatic heterocycles. The summed E-state index contributed by atoms with van der Waals surface area (Å²) in [7, 11) is 1.60. The van der Waals surface area contributed by atoms with Crippen LogP contribution in [0, 0.1) is 11.8 Å². The summed E-state index contributed by atoms with van der Waals surface area (Å²) >= 11 is 20.6. The van der Waals surface area contributed by atoms with Crippen LogP contribution >= 0.6 is 50.7 Å². The van der Waals surface area contributed by atoms with Crippen molar-refractivity contribution in [3.63, 3.8) is 0 Å². The Morgan fingerprint density at radius 2 is 0.989 bits per heavy atom. The van der Waals surface area contributed by atoms with Crippen molar-refractivity contribution >= 4 is 109 Å². The molecule has 0 bridgehead atoms. The summed E-state index contributed by atoms with van der Waals surface area (Å²) in [5, 5.41) is 4.57. The summed E-state index contributed by atoms with van der Waals surface area (Å²) in [6.45, 7) is 0.662. The molecule has 0 aliphatic carbocycles. The zero-order valence-corrected chi connectivity index (χ0v) is 49.4. The van der Waals surface area contributed by atoms with Crippen LogP contribution in [0.25, 0.3) is 11.3 Å². The fraction of sp³-hybridized carbons (Fsp3) is 0.233. The number of rotatable bonds is 15. The number of hydrogen-bond acceptors (Lipinski definition) is 11. The normalized spacial score (nSPS) is 16.4. The maximum atomic E-state index is 12.4. The van der Waals surface area contributed by atoms with Gasteiger partial charge in [-0.15, -0.1) is 26.3 Å². The van der Waals surface area contributed by atoms with Crippen LogP contribution in [0.15, 0.2) is 152 Å². The van der Waals surface area contributed by atoms with Crippen LogP contribution < -0.4 is 40.0 Å². The zero-order valence-electron chi connectivity index (χ0n) is 45.6. The number of primary amides is 1. The number of carbonyl (C=O) groups is 7. The molecule has 3 fully saturated rings. The number of ketones is 2. The summed E-state index contributed by atoms with van der Waals surface area (Å²) in [6, 6.07) is 37.6. The van der Waals surface area contributed by atoms with E-state index in [1.807, 2.05) is 0 Å². The molecule has 456 valence electrons. The Kier molecular flexibility index (Phi) is 22.6. The number of benzene rings is 6. The molecular weight excluding hydrogens is 1280 g/mol. The quantitative estimate of drug-likeness (QED) is 0.0497. The van der Waals surface area contributed by atoms with Crippen LogP contribution in [0.3, 0.4) is 0 Å². The predicted molar refractivity (Wildman–Crippen MR) is 316 cm³/mol. The van der Waals surface area contributed by atoms with E-state index in [1.165, 1.54) is 41.3 Å². The molecule has 1 aromatic heterocycles. The molecule has 3 saturated heterocycles. The number of carbonyl (C=O) groups excluding carboxylic acids is 7. The molecule has 0 radical (unpaired) electrons. The number of methoxy groups -OCH3 is 1. The molecule has 10 rings (SSSR count). The molecule has 7 aromatic rings. The van der Waals surface area contributed by atoms with Crippen molar-refractivity contribution in [3.05, 3.63) is 184 Å². The minimum atomic E-state index is -4.82. The van der Waals surface area contributed by atoms with Crippen molar-refractivity contribution in [2.45, 2.75) is 37.9 Å². The predicted octanol–water partition coefficient (Wildman–Crippen LogP) is 12.2. The fourth-order valence-electron chi connectivity index (χ4n) is 8.92. The second-order valence-corrected chi connectivity index (χ2v) is 21.2. The van der Waals surface area contributed by atoms with E-state index in [1.54, 1.807) is 120 Å². The maximum Gasteiger partial charge on any atom is 0.573 e. The molecule has 3 aliphatic rings. The first-order valence-corrected chi connectivity index (χ1v) is 28.3. The highest BCUT2D eigenvalue weighted by molar-refractivity contribution is 9.09. The van der Waals surface area contributed by atoms with Gasteiger partial charge in [-0.25, -0.2) is 4.98 Å². The Morgan fingerprint density at radius 3 is 1.41 bits per heavy atom. The SMILES string of the molecule is COc1ccc(C(=O)CBr)cc1.NC(=O)C1CC(=O)N(c2ccc(Cl)cc2)C1.O=C(CNC(=O)C1CC(=O)N(c2ccc(Cl)cc2)C1)c1ccc(OC(F)(F)F)cc1.O=C1CC(c2ncc(-c3ccc(OC(F)(F)F)cc3)[nH]2)CN1c1ccc(Cl)cc1. The Bertz CT molecular complexity index is 3550. The Labute approximate surface area is 516 Å². The lowest BCUT2D eigenvalue weighted by atomic mass is 10.1. The first kappa shape index (κ1) is 66.1. The van der Waals surface area contributed by atoms with Crippen LogP contribution in [0.2, 0.25) is 15.1 Å². The summed E-state index contributed by atoms with van der Waals surface area (Å²) in [5.74, 6) is -2.03. The minimum Gasteiger partial charge on any atom is -0.497 e. The number of nitrogens with two attached hydrogens (primary N) is 1. The number of alkyl halides is 7. The van der Waals surface area contributed by atoms with E-state index in [0.29, 0.717) is 68.2 Å². The number of amides is 5. The summed E-state index contributed by atoms with van der Waals surface area (Å²) < 4.78 is 85.9. The number of ether oxygens (including phenoxy) is 3. The molecule has 0 saturated carbocycles. The number of imidazole rings is 1. The van der Waals surface area contributed by atoms with E-state index in [2.05, 4.69) is 40.7 Å². The van der Waals surface area contributed by atoms with E-state index in [4.69, 9.17) is 45.3 Å². The van der Waals surface area contributed by atoms with Gasteiger partial charge in [-0.2, -0.15) is 0 Å². The van der Waals surface area contributed by atoms with Crippen molar-refractivity contribution in [1.82, 2.24) is 15.3 Å². The number of H-pyrrole nitrogens is 1. The Balaban J connectivity index is 0.000000176. The maximum absolute atomic E-state index is 12.4. The molecule has 6 aromatic carbocycles. The molecule has 5 amide bonds. The highest BCUT2D eigenvalue weighted by Crippen LogP contribution is 2.34. The highest BCUT2D eigenvalue weighted by atomic mass is 79.9. The molecule has 4 N–H and O–H groups in total. The second-order valence-electron chi connectivity index (χ2n) is 19.3. The third kappa shape index (κ3) is 19.3. The third-order valence-electron chi connectivity index (χ3n) is 13.3. The number of aromatic nitrogens is 2. The van der Waals surface area contributed by atoms with Crippen molar-refractivity contribution < 1.29 is 74.1 Å². The molecule has 0 spiro atoms. The molecule has 17 nitrogen and oxygen atoms in total. The van der Waals surface area contributed by atoms with Gasteiger partial charge in [0.05, 0.1) is 42.7 Å². The number of aromatic amines is 1. The van der Waals surface area contributed by atoms with E-state index in [9.17, 15) is 59.9 Å². The average Bonchev–Trinajstić information content (AvgIpc) is 2.53. The van der Waals surface area contributed by atoms with E-state index < -0.39 is 42.0 Å². The van der Waals surface area contributed by atoms with Gasteiger partial charge < -0.3 is 44.9 Å². The molecule has 4 heterocycles. The topological polar surface area (TPSA) is 224 Å². The first-order chi connectivity index (χ1) is 41.3. The number of anilines is 3. The number of hydrogen-bond donors (Lipinski definition) is 3. The number of nitrogens with zero attached hydrogens (tertiary/aromatic N) is 4. The minimum absolute atomic E-state index is 0.00608. The third-order valence-corrected chi connectivity index (χ3v) is 14.6. The van der Waals surface area contributed by atoms with Gasteiger partial charge in [0.15, 0.2) is 11.6 Å². The molecule has 87 heavy (non-hydrogen) atoms. The van der Waals surface area contributed by atoms with Gasteiger partial charge >= 0.3 is 12.7 Å². The van der Waals surface area contributed by atoms with Crippen molar-refractivity contribution in [3.8, 4) is 28.5 Å². The van der Waals surface area contributed by atoms with E-state index in [0.717, 1.165) is 29.3 Å². The van der Waals surface area contributed by atoms with Crippen LogP contribution in [0.4, 0.5) is 43.4 Å². The Morgan fingerprint density at radius 1 is 0.586 bits per heavy atom. The van der Waals surface area contributed by atoms with Crippen molar-refractivity contribution in [2.24, 2.45) is 17.6 Å².